The smallest absolute Gasteiger partial charge is 0.691 e. The van der Waals surface area contributed by atoms with Crippen LogP contribution in [0.2, 0.25) is 0 Å². The van der Waals surface area contributed by atoms with Gasteiger partial charge in [-0.25, -0.2) is 0 Å². The molecule has 0 bridgehead atoms. The van der Waals surface area contributed by atoms with Gasteiger partial charge in [0.25, 0.3) is 0 Å². The molecule has 0 saturated heterocycles. The number of hydrogen-bond acceptors (Lipinski definition) is 4. The molecule has 0 aliphatic carbocycles. The fourth-order valence-corrected chi connectivity index (χ4v) is 0.203. The van der Waals surface area contributed by atoms with Crippen LogP contribution in [0.4, 0.5) is 0 Å². The molecule has 0 N–H and O–H groups in total. The van der Waals surface area contributed by atoms with Crippen LogP contribution in [-0.2, 0) is 9.37 Å². The van der Waals surface area contributed by atoms with Crippen molar-refractivity contribution >= 4 is 12.0 Å². The molecule has 3 nitrogen and oxygen atoms in total. The summed E-state index contributed by atoms with van der Waals surface area (Å²) in [6, 6.07) is 0. The molecule has 0 aliphatic rings. The molecule has 38 valence electrons. The van der Waals surface area contributed by atoms with Gasteiger partial charge in [0, 0.05) is 17.8 Å². The van der Waals surface area contributed by atoms with Gasteiger partial charge in [0.2, 0.25) is 0 Å². The van der Waals surface area contributed by atoms with E-state index in [0.29, 0.717) is 0 Å². The van der Waals surface area contributed by atoms with Gasteiger partial charge in [-0.3, -0.25) is 5.04 Å². The van der Waals surface area contributed by atoms with Crippen molar-refractivity contribution in [2.75, 3.05) is 5.75 Å². The first kappa shape index (κ1) is 11.1. The zero-order valence-electron chi connectivity index (χ0n) is 4.34. The second-order valence-corrected chi connectivity index (χ2v) is 1.49. The fraction of sp³-hybridized carbons (Fsp3) is 1.00. The molecular weight excluding hydrogens is 127 g/mol. The second-order valence-electron chi connectivity index (χ2n) is 0.543. The van der Waals surface area contributed by atoms with E-state index in [1.165, 1.54) is 0 Å². The largest absolute Gasteiger partial charge is 1.00 e. The van der Waals surface area contributed by atoms with Crippen molar-refractivity contribution in [1.82, 2.24) is 0 Å². The van der Waals surface area contributed by atoms with E-state index in [1.807, 2.05) is 6.92 Å². The minimum atomic E-state index is 0. The predicted molar refractivity (Wildman–Crippen MR) is 20.3 cm³/mol. The SMILES string of the molecule is CCSOO[O-].[Na+]. The Kier molecular flexibility index (Phi) is 16.2. The topological polar surface area (TPSA) is 41.5 Å². The van der Waals surface area contributed by atoms with Gasteiger partial charge in [0.1, 0.15) is 0 Å². The molecule has 0 rings (SSSR count). The van der Waals surface area contributed by atoms with Crippen LogP contribution in [0.5, 0.6) is 0 Å². The van der Waals surface area contributed by atoms with Crippen LogP contribution >= 0.6 is 12.0 Å². The van der Waals surface area contributed by atoms with Gasteiger partial charge in [0.05, 0.1) is 0 Å². The van der Waals surface area contributed by atoms with Gasteiger partial charge < -0.3 is 5.26 Å². The van der Waals surface area contributed by atoms with Crippen molar-refractivity contribution < 1.29 is 44.2 Å². The molecule has 0 spiro atoms. The zero-order chi connectivity index (χ0) is 4.83. The summed E-state index contributed by atoms with van der Waals surface area (Å²) in [6.45, 7) is 1.85. The van der Waals surface area contributed by atoms with E-state index in [2.05, 4.69) is 9.37 Å². The van der Waals surface area contributed by atoms with Crippen LogP contribution < -0.4 is 34.8 Å². The van der Waals surface area contributed by atoms with Crippen LogP contribution in [-0.4, -0.2) is 5.75 Å². The minimum absolute atomic E-state index is 0. The summed E-state index contributed by atoms with van der Waals surface area (Å²) < 4.78 is 3.84. The molecule has 0 fully saturated rings. The van der Waals surface area contributed by atoms with Crippen molar-refractivity contribution in [3.05, 3.63) is 0 Å². The summed E-state index contributed by atoms with van der Waals surface area (Å²) in [5, 5.41) is 11.9. The van der Waals surface area contributed by atoms with Crippen LogP contribution in [0.3, 0.4) is 0 Å². The monoisotopic (exact) mass is 132 g/mol. The number of rotatable bonds is 3. The molecular formula is C2H5NaO3S. The van der Waals surface area contributed by atoms with Crippen molar-refractivity contribution in [1.29, 1.82) is 0 Å². The average molecular weight is 132 g/mol. The first-order valence-electron chi connectivity index (χ1n) is 1.50. The summed E-state index contributed by atoms with van der Waals surface area (Å²) in [5.74, 6) is 0.724. The molecule has 0 aromatic carbocycles. The molecule has 5 heteroatoms. The fourth-order valence-electron chi connectivity index (χ4n) is 0.0678. The molecule has 0 amide bonds. The van der Waals surface area contributed by atoms with E-state index in [0.717, 1.165) is 17.8 Å². The molecule has 0 atom stereocenters. The van der Waals surface area contributed by atoms with E-state index in [4.69, 9.17) is 5.26 Å². The molecule has 0 radical (unpaired) electrons. The summed E-state index contributed by atoms with van der Waals surface area (Å²) in [6.07, 6.45) is 0. The summed E-state index contributed by atoms with van der Waals surface area (Å²) in [4.78, 5) is 0. The molecule has 0 saturated carbocycles. The van der Waals surface area contributed by atoms with Crippen LogP contribution in [0.1, 0.15) is 6.92 Å². The van der Waals surface area contributed by atoms with Gasteiger partial charge in [-0.2, -0.15) is 4.33 Å². The first-order chi connectivity index (χ1) is 2.91. The number of hydrogen-bond donors (Lipinski definition) is 0. The maximum absolute atomic E-state index is 8.95. The molecule has 0 unspecified atom stereocenters. The average Bonchev–Trinajstić information content (AvgIpc) is 1.61. The Morgan fingerprint density at radius 2 is 2.29 bits per heavy atom. The summed E-state index contributed by atoms with van der Waals surface area (Å²) in [7, 11) is 0. The van der Waals surface area contributed by atoms with Gasteiger partial charge in [-0.1, -0.05) is 6.92 Å². The molecule has 0 aromatic heterocycles. The summed E-state index contributed by atoms with van der Waals surface area (Å²) >= 11 is 0.973. The Morgan fingerprint density at radius 3 is 2.43 bits per heavy atom. The third-order valence-electron chi connectivity index (χ3n) is 0.194. The Balaban J connectivity index is 0. The standard InChI is InChI=1S/C2H6O3S.Na/c1-2-6-5-4-3;/h3H,2H2,1H3;/q;+1/p-1. The van der Waals surface area contributed by atoms with Crippen molar-refractivity contribution in [3.8, 4) is 0 Å². The van der Waals surface area contributed by atoms with E-state index in [1.54, 1.807) is 0 Å². The van der Waals surface area contributed by atoms with Gasteiger partial charge in [-0.15, -0.1) is 0 Å². The van der Waals surface area contributed by atoms with Crippen LogP contribution in [0.25, 0.3) is 0 Å². The molecule has 0 aromatic rings. The normalized spacial score (nSPS) is 7.71. The van der Waals surface area contributed by atoms with E-state index >= 15 is 0 Å². The molecule has 0 heterocycles. The van der Waals surface area contributed by atoms with Crippen molar-refractivity contribution in [2.24, 2.45) is 0 Å². The van der Waals surface area contributed by atoms with Crippen LogP contribution in [0, 0.1) is 0 Å². The van der Waals surface area contributed by atoms with E-state index in [9.17, 15) is 0 Å². The van der Waals surface area contributed by atoms with Crippen molar-refractivity contribution in [2.45, 2.75) is 6.92 Å². The predicted octanol–water partition coefficient (Wildman–Crippen LogP) is -3.12. The Bertz CT molecular complexity index is 24.9. The van der Waals surface area contributed by atoms with Gasteiger partial charge in [-0.05, 0) is 0 Å². The van der Waals surface area contributed by atoms with E-state index < -0.39 is 0 Å². The Labute approximate surface area is 68.7 Å². The quantitative estimate of drug-likeness (QED) is 0.134. The Morgan fingerprint density at radius 1 is 1.71 bits per heavy atom. The molecule has 0 aliphatic heterocycles. The maximum Gasteiger partial charge on any atom is 1.00 e. The third-order valence-corrected chi connectivity index (χ3v) is 0.581. The Hall–Kier alpha value is 1.23. The zero-order valence-corrected chi connectivity index (χ0v) is 7.16. The maximum atomic E-state index is 8.95. The second kappa shape index (κ2) is 10.3. The molecule has 7 heavy (non-hydrogen) atoms. The van der Waals surface area contributed by atoms with Crippen molar-refractivity contribution in [3.63, 3.8) is 0 Å². The first-order valence-corrected chi connectivity index (χ1v) is 2.41. The van der Waals surface area contributed by atoms with Gasteiger partial charge >= 0.3 is 29.6 Å². The van der Waals surface area contributed by atoms with Gasteiger partial charge in [0.15, 0.2) is 0 Å². The van der Waals surface area contributed by atoms with Crippen LogP contribution in [0.15, 0.2) is 0 Å². The van der Waals surface area contributed by atoms with E-state index in [-0.39, 0.29) is 29.6 Å². The third kappa shape index (κ3) is 11.1. The summed E-state index contributed by atoms with van der Waals surface area (Å²) in [5.41, 5.74) is 0. The minimum Gasteiger partial charge on any atom is -0.691 e.